The predicted molar refractivity (Wildman–Crippen MR) is 103 cm³/mol. The van der Waals surface area contributed by atoms with Crippen molar-refractivity contribution in [2.24, 2.45) is 0 Å². The topological polar surface area (TPSA) is 78.5 Å². The van der Waals surface area contributed by atoms with Crippen molar-refractivity contribution >= 4 is 17.8 Å². The molecule has 1 saturated heterocycles. The summed E-state index contributed by atoms with van der Waals surface area (Å²) in [5.41, 5.74) is 2.63. The van der Waals surface area contributed by atoms with Gasteiger partial charge in [-0.3, -0.25) is 14.5 Å². The number of carbonyl (C=O) groups is 3. The summed E-state index contributed by atoms with van der Waals surface area (Å²) in [4.78, 5) is 38.6. The number of rotatable bonds is 5. The SMILES string of the molecule is Cc1ccc(C)c(C(C)NC(=O)CCN2C(=O)NC3(CCCCC3)C2=O)c1. The van der Waals surface area contributed by atoms with Crippen LogP contribution in [0.5, 0.6) is 0 Å². The number of benzene rings is 1. The van der Waals surface area contributed by atoms with Gasteiger partial charge in [-0.2, -0.15) is 0 Å². The minimum atomic E-state index is -0.724. The molecule has 1 atom stereocenters. The quantitative estimate of drug-likeness (QED) is 0.781. The van der Waals surface area contributed by atoms with Crippen molar-refractivity contribution in [2.45, 2.75) is 70.9 Å². The molecular formula is C21H29N3O3. The molecule has 1 aliphatic carbocycles. The largest absolute Gasteiger partial charge is 0.350 e. The van der Waals surface area contributed by atoms with Crippen molar-refractivity contribution in [2.75, 3.05) is 6.54 Å². The number of nitrogens with one attached hydrogen (secondary N) is 2. The molecule has 2 N–H and O–H groups in total. The van der Waals surface area contributed by atoms with E-state index in [1.807, 2.05) is 32.9 Å². The molecule has 1 unspecified atom stereocenters. The van der Waals surface area contributed by atoms with E-state index in [9.17, 15) is 14.4 Å². The molecule has 2 aliphatic rings. The molecule has 1 aromatic rings. The Kier molecular flexibility index (Phi) is 5.53. The highest BCUT2D eigenvalue weighted by atomic mass is 16.2. The first-order valence-corrected chi connectivity index (χ1v) is 9.83. The van der Waals surface area contributed by atoms with E-state index < -0.39 is 5.54 Å². The zero-order valence-electron chi connectivity index (χ0n) is 16.4. The van der Waals surface area contributed by atoms with Crippen molar-refractivity contribution in [3.63, 3.8) is 0 Å². The fourth-order valence-electron chi connectivity index (χ4n) is 4.20. The Morgan fingerprint density at radius 1 is 1.22 bits per heavy atom. The van der Waals surface area contributed by atoms with E-state index in [1.54, 1.807) is 0 Å². The van der Waals surface area contributed by atoms with Crippen LogP contribution in [0.2, 0.25) is 0 Å². The zero-order valence-corrected chi connectivity index (χ0v) is 16.4. The molecule has 4 amide bonds. The summed E-state index contributed by atoms with van der Waals surface area (Å²) in [5, 5.41) is 5.86. The Balaban J connectivity index is 1.56. The average molecular weight is 371 g/mol. The summed E-state index contributed by atoms with van der Waals surface area (Å²) in [6, 6.07) is 5.68. The maximum Gasteiger partial charge on any atom is 0.325 e. The summed E-state index contributed by atoms with van der Waals surface area (Å²) in [7, 11) is 0. The average Bonchev–Trinajstić information content (AvgIpc) is 2.85. The third kappa shape index (κ3) is 3.99. The van der Waals surface area contributed by atoms with Gasteiger partial charge in [0.1, 0.15) is 5.54 Å². The van der Waals surface area contributed by atoms with Gasteiger partial charge in [-0.05, 0) is 44.7 Å². The molecule has 6 nitrogen and oxygen atoms in total. The molecule has 6 heteroatoms. The Labute approximate surface area is 160 Å². The van der Waals surface area contributed by atoms with Crippen LogP contribution in [0.3, 0.4) is 0 Å². The van der Waals surface area contributed by atoms with Gasteiger partial charge < -0.3 is 10.6 Å². The highest BCUT2D eigenvalue weighted by Crippen LogP contribution is 2.33. The van der Waals surface area contributed by atoms with E-state index >= 15 is 0 Å². The molecule has 1 spiro atoms. The number of amides is 4. The third-order valence-corrected chi connectivity index (χ3v) is 5.79. The van der Waals surface area contributed by atoms with Crippen molar-refractivity contribution in [1.82, 2.24) is 15.5 Å². The lowest BCUT2D eigenvalue weighted by Crippen LogP contribution is -2.48. The van der Waals surface area contributed by atoms with Crippen LogP contribution in [-0.4, -0.2) is 34.8 Å². The maximum absolute atomic E-state index is 12.7. The number of carbonyl (C=O) groups excluding carboxylic acids is 3. The second-order valence-electron chi connectivity index (χ2n) is 7.93. The number of nitrogens with zero attached hydrogens (tertiary/aromatic N) is 1. The van der Waals surface area contributed by atoms with Crippen LogP contribution in [0.15, 0.2) is 18.2 Å². The van der Waals surface area contributed by atoms with E-state index in [2.05, 4.69) is 16.7 Å². The minimum absolute atomic E-state index is 0.116. The van der Waals surface area contributed by atoms with E-state index in [0.717, 1.165) is 36.0 Å². The maximum atomic E-state index is 12.7. The van der Waals surface area contributed by atoms with Crippen LogP contribution in [0, 0.1) is 13.8 Å². The number of imide groups is 1. The van der Waals surface area contributed by atoms with Gasteiger partial charge in [-0.25, -0.2) is 4.79 Å². The van der Waals surface area contributed by atoms with Gasteiger partial charge in [0.05, 0.1) is 6.04 Å². The van der Waals surface area contributed by atoms with Gasteiger partial charge in [-0.15, -0.1) is 0 Å². The summed E-state index contributed by atoms with van der Waals surface area (Å²) in [5.74, 6) is -0.323. The number of hydrogen-bond donors (Lipinski definition) is 2. The van der Waals surface area contributed by atoms with Gasteiger partial charge in [0, 0.05) is 13.0 Å². The zero-order chi connectivity index (χ0) is 19.6. The number of aryl methyl sites for hydroxylation is 2. The first-order chi connectivity index (χ1) is 12.8. The molecule has 1 aliphatic heterocycles. The Morgan fingerprint density at radius 3 is 2.63 bits per heavy atom. The van der Waals surface area contributed by atoms with Gasteiger partial charge in [-0.1, -0.05) is 43.0 Å². The van der Waals surface area contributed by atoms with Crippen LogP contribution >= 0.6 is 0 Å². The van der Waals surface area contributed by atoms with E-state index in [-0.39, 0.29) is 36.9 Å². The summed E-state index contributed by atoms with van der Waals surface area (Å²) in [6.45, 7) is 6.12. The van der Waals surface area contributed by atoms with E-state index in [0.29, 0.717) is 12.8 Å². The first kappa shape index (κ1) is 19.4. The fourth-order valence-corrected chi connectivity index (χ4v) is 4.20. The minimum Gasteiger partial charge on any atom is -0.350 e. The molecular weight excluding hydrogens is 342 g/mol. The van der Waals surface area contributed by atoms with E-state index in [1.165, 1.54) is 4.90 Å². The Bertz CT molecular complexity index is 753. The first-order valence-electron chi connectivity index (χ1n) is 9.83. The van der Waals surface area contributed by atoms with Crippen LogP contribution in [0.4, 0.5) is 4.79 Å². The highest BCUT2D eigenvalue weighted by molar-refractivity contribution is 6.07. The molecule has 1 saturated carbocycles. The third-order valence-electron chi connectivity index (χ3n) is 5.79. The summed E-state index contributed by atoms with van der Waals surface area (Å²) < 4.78 is 0. The van der Waals surface area contributed by atoms with Gasteiger partial charge in [0.25, 0.3) is 5.91 Å². The lowest BCUT2D eigenvalue weighted by atomic mass is 9.82. The lowest BCUT2D eigenvalue weighted by Gasteiger charge is -2.30. The molecule has 146 valence electrons. The smallest absolute Gasteiger partial charge is 0.325 e. The second kappa shape index (κ2) is 7.71. The van der Waals surface area contributed by atoms with Crippen molar-refractivity contribution in [3.05, 3.63) is 34.9 Å². The van der Waals surface area contributed by atoms with Crippen LogP contribution in [0.1, 0.15) is 68.2 Å². The Hall–Kier alpha value is -2.37. The van der Waals surface area contributed by atoms with E-state index in [4.69, 9.17) is 0 Å². The molecule has 2 fully saturated rings. The highest BCUT2D eigenvalue weighted by Gasteiger charge is 2.51. The van der Waals surface area contributed by atoms with Gasteiger partial charge in [0.15, 0.2) is 0 Å². The predicted octanol–water partition coefficient (Wildman–Crippen LogP) is 3.13. The lowest BCUT2D eigenvalue weighted by molar-refractivity contribution is -0.132. The molecule has 0 aromatic heterocycles. The van der Waals surface area contributed by atoms with Crippen LogP contribution in [0.25, 0.3) is 0 Å². The second-order valence-corrected chi connectivity index (χ2v) is 7.93. The molecule has 0 radical (unpaired) electrons. The van der Waals surface area contributed by atoms with Crippen LogP contribution < -0.4 is 10.6 Å². The van der Waals surface area contributed by atoms with Crippen molar-refractivity contribution in [1.29, 1.82) is 0 Å². The Morgan fingerprint density at radius 2 is 1.93 bits per heavy atom. The molecule has 3 rings (SSSR count). The summed E-state index contributed by atoms with van der Waals surface area (Å²) >= 11 is 0. The number of hydrogen-bond acceptors (Lipinski definition) is 3. The standard InChI is InChI=1S/C21H29N3O3/c1-14-7-8-15(2)17(13-14)16(3)22-18(25)9-12-24-19(26)21(23-20(24)27)10-5-4-6-11-21/h7-8,13,16H,4-6,9-12H2,1-3H3,(H,22,25)(H,23,27). The fraction of sp³-hybridized carbons (Fsp3) is 0.571. The number of urea groups is 1. The van der Waals surface area contributed by atoms with Crippen molar-refractivity contribution < 1.29 is 14.4 Å². The van der Waals surface area contributed by atoms with Gasteiger partial charge in [0.2, 0.25) is 5.91 Å². The molecule has 27 heavy (non-hydrogen) atoms. The molecule has 0 bridgehead atoms. The molecule has 1 aromatic carbocycles. The van der Waals surface area contributed by atoms with Crippen molar-refractivity contribution in [3.8, 4) is 0 Å². The van der Waals surface area contributed by atoms with Crippen LogP contribution in [-0.2, 0) is 9.59 Å². The monoisotopic (exact) mass is 371 g/mol. The van der Waals surface area contributed by atoms with Gasteiger partial charge >= 0.3 is 6.03 Å². The normalized spacial score (nSPS) is 19.9. The summed E-state index contributed by atoms with van der Waals surface area (Å²) in [6.07, 6.45) is 4.52. The molecule has 1 heterocycles.